The molecule has 1 aliphatic heterocycles. The summed E-state index contributed by atoms with van der Waals surface area (Å²) in [7, 11) is 2.13. The number of anilines is 1. The van der Waals surface area contributed by atoms with Gasteiger partial charge in [-0.25, -0.2) is 4.98 Å². The van der Waals surface area contributed by atoms with E-state index in [1.54, 1.807) is 0 Å². The summed E-state index contributed by atoms with van der Waals surface area (Å²) < 4.78 is 5.45. The van der Waals surface area contributed by atoms with Gasteiger partial charge < -0.3 is 15.4 Å². The highest BCUT2D eigenvalue weighted by molar-refractivity contribution is 5.92. The molecule has 1 saturated heterocycles. The third kappa shape index (κ3) is 2.49. The molecule has 0 unspecified atom stereocenters. The highest BCUT2D eigenvalue weighted by Crippen LogP contribution is 2.28. The lowest BCUT2D eigenvalue weighted by Crippen LogP contribution is -2.37. The molecule has 0 bridgehead atoms. The lowest BCUT2D eigenvalue weighted by atomic mass is 10.1. The van der Waals surface area contributed by atoms with Gasteiger partial charge in [-0.2, -0.15) is 0 Å². The number of rotatable bonds is 3. The van der Waals surface area contributed by atoms with Gasteiger partial charge in [-0.3, -0.25) is 0 Å². The van der Waals surface area contributed by atoms with Crippen molar-refractivity contribution in [2.45, 2.75) is 25.4 Å². The Labute approximate surface area is 119 Å². The van der Waals surface area contributed by atoms with Crippen LogP contribution in [0.1, 0.15) is 18.5 Å². The quantitative estimate of drug-likeness (QED) is 0.930. The van der Waals surface area contributed by atoms with Crippen molar-refractivity contribution in [1.82, 2.24) is 4.98 Å². The van der Waals surface area contributed by atoms with Gasteiger partial charge in [-0.1, -0.05) is 24.3 Å². The molecule has 4 nitrogen and oxygen atoms in total. The zero-order valence-electron chi connectivity index (χ0n) is 11.9. The van der Waals surface area contributed by atoms with E-state index in [-0.39, 0.29) is 0 Å². The number of aromatic nitrogens is 1. The lowest BCUT2D eigenvalue weighted by Gasteiger charge is -2.33. The predicted octanol–water partition coefficient (Wildman–Crippen LogP) is 2.31. The molecule has 1 fully saturated rings. The Balaban J connectivity index is 2.04. The minimum absolute atomic E-state index is 0.472. The van der Waals surface area contributed by atoms with Crippen molar-refractivity contribution in [3.05, 3.63) is 36.0 Å². The largest absolute Gasteiger partial charge is 0.381 e. The molecule has 4 heteroatoms. The van der Waals surface area contributed by atoms with Crippen molar-refractivity contribution >= 4 is 16.6 Å². The number of hydrogen-bond acceptors (Lipinski definition) is 4. The lowest BCUT2D eigenvalue weighted by molar-refractivity contribution is 0.0854. The van der Waals surface area contributed by atoms with E-state index in [9.17, 15) is 0 Å². The molecule has 0 spiro atoms. The number of hydrogen-bond donors (Lipinski definition) is 1. The first-order valence-electron chi connectivity index (χ1n) is 7.19. The van der Waals surface area contributed by atoms with E-state index < -0.39 is 0 Å². The number of nitrogens with two attached hydrogens (primary N) is 1. The molecule has 1 aromatic carbocycles. The summed E-state index contributed by atoms with van der Waals surface area (Å²) >= 11 is 0. The Morgan fingerprint density at radius 3 is 2.80 bits per heavy atom. The van der Waals surface area contributed by atoms with Gasteiger partial charge in [0.2, 0.25) is 0 Å². The molecule has 3 rings (SSSR count). The molecule has 0 aliphatic carbocycles. The zero-order chi connectivity index (χ0) is 13.9. The summed E-state index contributed by atoms with van der Waals surface area (Å²) in [6, 6.07) is 10.9. The molecular weight excluding hydrogens is 250 g/mol. The van der Waals surface area contributed by atoms with Crippen molar-refractivity contribution in [2.75, 3.05) is 25.2 Å². The average Bonchev–Trinajstić information content (AvgIpc) is 2.54. The Kier molecular flexibility index (Phi) is 3.85. The highest BCUT2D eigenvalue weighted by Gasteiger charge is 2.21. The molecular formula is C16H21N3O. The summed E-state index contributed by atoms with van der Waals surface area (Å²) in [5, 5.41) is 2.40. The minimum atomic E-state index is 0.472. The first-order valence-corrected chi connectivity index (χ1v) is 7.19. The zero-order valence-corrected chi connectivity index (χ0v) is 11.9. The molecule has 1 aromatic heterocycles. The standard InChI is InChI=1S/C16H21N3O/c1-19(14-6-8-20-9-7-14)16-15-5-3-2-4-12(15)10-13(11-17)18-16/h2-5,10,14H,6-9,11,17H2,1H3. The first-order chi connectivity index (χ1) is 9.79. The van der Waals surface area contributed by atoms with Crippen LogP contribution >= 0.6 is 0 Å². The van der Waals surface area contributed by atoms with Crippen molar-refractivity contribution in [3.8, 4) is 0 Å². The molecule has 2 N–H and O–H groups in total. The highest BCUT2D eigenvalue weighted by atomic mass is 16.5. The van der Waals surface area contributed by atoms with E-state index in [2.05, 4.69) is 42.3 Å². The monoisotopic (exact) mass is 271 g/mol. The minimum Gasteiger partial charge on any atom is -0.381 e. The second-order valence-electron chi connectivity index (χ2n) is 5.32. The molecule has 0 saturated carbocycles. The van der Waals surface area contributed by atoms with Crippen LogP contribution in [0.4, 0.5) is 5.82 Å². The average molecular weight is 271 g/mol. The molecule has 2 heterocycles. The number of fused-ring (bicyclic) bond motifs is 1. The molecule has 0 radical (unpaired) electrons. The number of ether oxygens (including phenoxy) is 1. The fraction of sp³-hybridized carbons (Fsp3) is 0.438. The Hall–Kier alpha value is -1.65. The van der Waals surface area contributed by atoms with E-state index >= 15 is 0 Å². The third-order valence-electron chi connectivity index (χ3n) is 4.06. The van der Waals surface area contributed by atoms with E-state index in [0.29, 0.717) is 12.6 Å². The fourth-order valence-corrected chi connectivity index (χ4v) is 2.85. The van der Waals surface area contributed by atoms with E-state index in [0.717, 1.165) is 37.6 Å². The number of benzene rings is 1. The van der Waals surface area contributed by atoms with Crippen LogP contribution in [0.3, 0.4) is 0 Å². The molecule has 106 valence electrons. The topological polar surface area (TPSA) is 51.4 Å². The van der Waals surface area contributed by atoms with E-state index in [1.807, 2.05) is 0 Å². The van der Waals surface area contributed by atoms with Gasteiger partial charge in [0.1, 0.15) is 5.82 Å². The van der Waals surface area contributed by atoms with Crippen molar-refractivity contribution in [3.63, 3.8) is 0 Å². The Bertz CT molecular complexity index is 593. The Morgan fingerprint density at radius 2 is 2.05 bits per heavy atom. The van der Waals surface area contributed by atoms with Crippen LogP contribution in [0.25, 0.3) is 10.8 Å². The molecule has 1 aliphatic rings. The predicted molar refractivity (Wildman–Crippen MR) is 81.9 cm³/mol. The maximum Gasteiger partial charge on any atom is 0.136 e. The summed E-state index contributed by atoms with van der Waals surface area (Å²) in [6.45, 7) is 2.15. The smallest absolute Gasteiger partial charge is 0.136 e. The molecule has 20 heavy (non-hydrogen) atoms. The van der Waals surface area contributed by atoms with Gasteiger partial charge in [0, 0.05) is 38.2 Å². The van der Waals surface area contributed by atoms with Crippen molar-refractivity contribution in [1.29, 1.82) is 0 Å². The Morgan fingerprint density at radius 1 is 1.30 bits per heavy atom. The maximum absolute atomic E-state index is 5.79. The van der Waals surface area contributed by atoms with Gasteiger partial charge in [0.25, 0.3) is 0 Å². The van der Waals surface area contributed by atoms with Crippen LogP contribution < -0.4 is 10.6 Å². The second kappa shape index (κ2) is 5.77. The van der Waals surface area contributed by atoms with Gasteiger partial charge in [-0.05, 0) is 24.3 Å². The summed E-state index contributed by atoms with van der Waals surface area (Å²) in [6.07, 6.45) is 2.11. The second-order valence-corrected chi connectivity index (χ2v) is 5.32. The summed E-state index contributed by atoms with van der Waals surface area (Å²) in [5.41, 5.74) is 6.73. The van der Waals surface area contributed by atoms with Gasteiger partial charge >= 0.3 is 0 Å². The van der Waals surface area contributed by atoms with Crippen LogP contribution in [0.2, 0.25) is 0 Å². The van der Waals surface area contributed by atoms with Crippen LogP contribution in [-0.4, -0.2) is 31.3 Å². The third-order valence-corrected chi connectivity index (χ3v) is 4.06. The van der Waals surface area contributed by atoms with E-state index in [4.69, 9.17) is 15.5 Å². The van der Waals surface area contributed by atoms with Gasteiger partial charge in [0.15, 0.2) is 0 Å². The number of pyridine rings is 1. The molecule has 2 aromatic rings. The normalized spacial score (nSPS) is 16.5. The van der Waals surface area contributed by atoms with Gasteiger partial charge in [0.05, 0.1) is 5.69 Å². The van der Waals surface area contributed by atoms with Crippen molar-refractivity contribution < 1.29 is 4.74 Å². The fourth-order valence-electron chi connectivity index (χ4n) is 2.85. The summed E-state index contributed by atoms with van der Waals surface area (Å²) in [5.74, 6) is 1.04. The van der Waals surface area contributed by atoms with E-state index in [1.165, 1.54) is 10.8 Å². The summed E-state index contributed by atoms with van der Waals surface area (Å²) in [4.78, 5) is 7.05. The van der Waals surface area contributed by atoms with Crippen LogP contribution in [0.5, 0.6) is 0 Å². The van der Waals surface area contributed by atoms with Crippen LogP contribution in [0, 0.1) is 0 Å². The molecule has 0 atom stereocenters. The van der Waals surface area contributed by atoms with Crippen LogP contribution in [0.15, 0.2) is 30.3 Å². The van der Waals surface area contributed by atoms with Crippen molar-refractivity contribution in [2.24, 2.45) is 5.73 Å². The van der Waals surface area contributed by atoms with Crippen LogP contribution in [-0.2, 0) is 11.3 Å². The first kappa shape index (κ1) is 13.3. The molecule has 0 amide bonds. The SMILES string of the molecule is CN(c1nc(CN)cc2ccccc12)C1CCOCC1. The maximum atomic E-state index is 5.79. The van der Waals surface area contributed by atoms with Gasteiger partial charge in [-0.15, -0.1) is 0 Å². The number of nitrogens with zero attached hydrogens (tertiary/aromatic N) is 2.